The minimum absolute atomic E-state index is 0.0438. The van der Waals surface area contributed by atoms with Crippen LogP contribution in [-0.4, -0.2) is 45.3 Å². The van der Waals surface area contributed by atoms with Gasteiger partial charge in [0.15, 0.2) is 11.6 Å². The van der Waals surface area contributed by atoms with Crippen LogP contribution < -0.4 is 0 Å². The van der Waals surface area contributed by atoms with Crippen molar-refractivity contribution in [3.05, 3.63) is 36.3 Å². The number of hydrogen-bond acceptors (Lipinski definition) is 5. The van der Waals surface area contributed by atoms with Crippen LogP contribution in [0.1, 0.15) is 41.4 Å². The minimum atomic E-state index is -0.0667. The second kappa shape index (κ2) is 5.00. The number of hydrogen-bond donors (Lipinski definition) is 0. The monoisotopic (exact) mass is 288 g/mol. The van der Waals surface area contributed by atoms with E-state index in [1.54, 1.807) is 23.4 Å². The molecule has 0 saturated carbocycles. The number of furan rings is 1. The van der Waals surface area contributed by atoms with E-state index in [1.165, 1.54) is 6.26 Å². The fourth-order valence-electron chi connectivity index (χ4n) is 2.90. The van der Waals surface area contributed by atoms with Gasteiger partial charge in [-0.05, 0) is 25.0 Å². The summed E-state index contributed by atoms with van der Waals surface area (Å²) in [5, 5.41) is 8.19. The molecular weight excluding hydrogens is 272 g/mol. The highest BCUT2D eigenvalue weighted by atomic mass is 16.5. The summed E-state index contributed by atoms with van der Waals surface area (Å²) >= 11 is 0. The van der Waals surface area contributed by atoms with Gasteiger partial charge in [-0.2, -0.15) is 0 Å². The second-order valence-electron chi connectivity index (χ2n) is 5.44. The van der Waals surface area contributed by atoms with Gasteiger partial charge < -0.3 is 18.6 Å². The van der Waals surface area contributed by atoms with Gasteiger partial charge in [-0.25, -0.2) is 0 Å². The van der Waals surface area contributed by atoms with Crippen molar-refractivity contribution in [1.29, 1.82) is 0 Å². The topological polar surface area (TPSA) is 73.4 Å². The van der Waals surface area contributed by atoms with Crippen LogP contribution in [0.25, 0.3) is 0 Å². The summed E-state index contributed by atoms with van der Waals surface area (Å²) in [6, 6.07) is 3.63. The van der Waals surface area contributed by atoms with Crippen LogP contribution in [-0.2, 0) is 4.74 Å². The van der Waals surface area contributed by atoms with E-state index in [1.807, 2.05) is 4.57 Å². The third kappa shape index (κ3) is 2.13. The first-order valence-corrected chi connectivity index (χ1v) is 7.16. The number of carbonyl (C=O) groups is 1. The van der Waals surface area contributed by atoms with Crippen molar-refractivity contribution < 1.29 is 13.9 Å². The SMILES string of the molecule is O=C(c1ccco1)N1CC(n2cnnc2C2CCCO2)C1. The van der Waals surface area contributed by atoms with Crippen LogP contribution in [0.4, 0.5) is 0 Å². The van der Waals surface area contributed by atoms with Crippen LogP contribution in [0.2, 0.25) is 0 Å². The zero-order valence-electron chi connectivity index (χ0n) is 11.5. The Kier molecular flexibility index (Phi) is 2.99. The maximum atomic E-state index is 12.1. The van der Waals surface area contributed by atoms with Gasteiger partial charge in [0.25, 0.3) is 5.91 Å². The number of aromatic nitrogens is 3. The molecule has 7 heteroatoms. The van der Waals surface area contributed by atoms with Crippen LogP contribution in [0.15, 0.2) is 29.1 Å². The molecule has 0 N–H and O–H groups in total. The van der Waals surface area contributed by atoms with Crippen molar-refractivity contribution in [2.75, 3.05) is 19.7 Å². The number of ether oxygens (including phenoxy) is 1. The molecule has 2 aliphatic heterocycles. The minimum Gasteiger partial charge on any atom is -0.459 e. The molecule has 0 bridgehead atoms. The second-order valence-corrected chi connectivity index (χ2v) is 5.44. The Morgan fingerprint density at radius 1 is 1.38 bits per heavy atom. The van der Waals surface area contributed by atoms with E-state index in [0.717, 1.165) is 25.3 Å². The summed E-state index contributed by atoms with van der Waals surface area (Å²) in [4.78, 5) is 13.9. The van der Waals surface area contributed by atoms with E-state index >= 15 is 0 Å². The predicted molar refractivity (Wildman–Crippen MR) is 71.6 cm³/mol. The first-order chi connectivity index (χ1) is 10.3. The highest BCUT2D eigenvalue weighted by Gasteiger charge is 2.36. The number of rotatable bonds is 3. The van der Waals surface area contributed by atoms with Gasteiger partial charge in [-0.15, -0.1) is 10.2 Å². The lowest BCUT2D eigenvalue weighted by molar-refractivity contribution is 0.0454. The molecule has 0 aliphatic carbocycles. The third-order valence-corrected chi connectivity index (χ3v) is 4.09. The molecule has 1 amide bonds. The van der Waals surface area contributed by atoms with E-state index in [-0.39, 0.29) is 18.1 Å². The van der Waals surface area contributed by atoms with Crippen molar-refractivity contribution in [3.8, 4) is 0 Å². The predicted octanol–water partition coefficient (Wildman–Crippen LogP) is 1.42. The maximum Gasteiger partial charge on any atom is 0.289 e. The molecule has 4 heterocycles. The Morgan fingerprint density at radius 3 is 3.00 bits per heavy atom. The molecule has 0 spiro atoms. The van der Waals surface area contributed by atoms with Crippen molar-refractivity contribution in [1.82, 2.24) is 19.7 Å². The largest absolute Gasteiger partial charge is 0.459 e. The normalized spacial score (nSPS) is 22.5. The number of carbonyl (C=O) groups excluding carboxylic acids is 1. The zero-order valence-corrected chi connectivity index (χ0v) is 11.5. The molecular formula is C14H16N4O3. The van der Waals surface area contributed by atoms with Crippen LogP contribution >= 0.6 is 0 Å². The Bertz CT molecular complexity index is 624. The molecule has 2 saturated heterocycles. The average molecular weight is 288 g/mol. The van der Waals surface area contributed by atoms with Gasteiger partial charge in [-0.1, -0.05) is 0 Å². The highest BCUT2D eigenvalue weighted by molar-refractivity contribution is 5.92. The molecule has 4 rings (SSSR count). The van der Waals surface area contributed by atoms with Gasteiger partial charge in [-0.3, -0.25) is 4.79 Å². The maximum absolute atomic E-state index is 12.1. The quantitative estimate of drug-likeness (QED) is 0.854. The van der Waals surface area contributed by atoms with Crippen molar-refractivity contribution >= 4 is 5.91 Å². The fourth-order valence-corrected chi connectivity index (χ4v) is 2.90. The molecule has 7 nitrogen and oxygen atoms in total. The van der Waals surface area contributed by atoms with Crippen molar-refractivity contribution in [2.24, 2.45) is 0 Å². The van der Waals surface area contributed by atoms with Crippen molar-refractivity contribution in [2.45, 2.75) is 25.0 Å². The van der Waals surface area contributed by atoms with E-state index < -0.39 is 0 Å². The Balaban J connectivity index is 1.44. The summed E-state index contributed by atoms with van der Waals surface area (Å²) in [6.07, 6.45) is 5.34. The summed E-state index contributed by atoms with van der Waals surface area (Å²) in [5.74, 6) is 1.20. The summed E-state index contributed by atoms with van der Waals surface area (Å²) < 4.78 is 12.9. The molecule has 0 aromatic carbocycles. The van der Waals surface area contributed by atoms with E-state index in [9.17, 15) is 4.79 Å². The smallest absolute Gasteiger partial charge is 0.289 e. The van der Waals surface area contributed by atoms with Gasteiger partial charge in [0, 0.05) is 19.7 Å². The summed E-state index contributed by atoms with van der Waals surface area (Å²) in [5.41, 5.74) is 0. The lowest BCUT2D eigenvalue weighted by Crippen LogP contribution is -2.51. The lowest BCUT2D eigenvalue weighted by atomic mass is 10.1. The third-order valence-electron chi connectivity index (χ3n) is 4.09. The molecule has 1 unspecified atom stereocenters. The molecule has 0 radical (unpaired) electrons. The van der Waals surface area contributed by atoms with E-state index in [2.05, 4.69) is 10.2 Å². The fraction of sp³-hybridized carbons (Fsp3) is 0.500. The highest BCUT2D eigenvalue weighted by Crippen LogP contribution is 2.31. The first-order valence-electron chi connectivity index (χ1n) is 7.16. The Morgan fingerprint density at radius 2 is 2.29 bits per heavy atom. The van der Waals surface area contributed by atoms with Gasteiger partial charge in [0.2, 0.25) is 0 Å². The number of nitrogens with zero attached hydrogens (tertiary/aromatic N) is 4. The van der Waals surface area contributed by atoms with Crippen LogP contribution in [0.3, 0.4) is 0 Å². The number of amides is 1. The molecule has 21 heavy (non-hydrogen) atoms. The van der Waals surface area contributed by atoms with Crippen LogP contribution in [0.5, 0.6) is 0 Å². The standard InChI is InChI=1S/C14H16N4O3/c19-14(12-4-2-6-21-12)17-7-10(8-17)18-9-15-16-13(18)11-3-1-5-20-11/h2,4,6,9-11H,1,3,5,7-8H2. The zero-order chi connectivity index (χ0) is 14.2. The average Bonchev–Trinajstić information content (AvgIpc) is 3.19. The lowest BCUT2D eigenvalue weighted by Gasteiger charge is -2.39. The summed E-state index contributed by atoms with van der Waals surface area (Å²) in [6.45, 7) is 2.08. The summed E-state index contributed by atoms with van der Waals surface area (Å²) in [7, 11) is 0. The van der Waals surface area contributed by atoms with Crippen molar-refractivity contribution in [3.63, 3.8) is 0 Å². The van der Waals surface area contributed by atoms with E-state index in [0.29, 0.717) is 18.8 Å². The Labute approximate surface area is 121 Å². The van der Waals surface area contributed by atoms with Gasteiger partial charge >= 0.3 is 0 Å². The van der Waals surface area contributed by atoms with Crippen LogP contribution in [0, 0.1) is 0 Å². The van der Waals surface area contributed by atoms with Gasteiger partial charge in [0.05, 0.1) is 12.3 Å². The molecule has 2 fully saturated rings. The Hall–Kier alpha value is -2.15. The van der Waals surface area contributed by atoms with E-state index in [4.69, 9.17) is 9.15 Å². The molecule has 2 aliphatic rings. The molecule has 2 aromatic heterocycles. The first kappa shape index (κ1) is 12.6. The molecule has 1 atom stereocenters. The molecule has 110 valence electrons. The van der Waals surface area contributed by atoms with Gasteiger partial charge in [0.1, 0.15) is 12.4 Å². The molecule has 2 aromatic rings. The number of likely N-dealkylation sites (tertiary alicyclic amines) is 1.